The Kier molecular flexibility index (Phi) is 7.20. The number of halogens is 2. The molecule has 0 spiro atoms. The van der Waals surface area contributed by atoms with E-state index in [1.807, 2.05) is 13.8 Å². The van der Waals surface area contributed by atoms with Crippen LogP contribution < -0.4 is 14.4 Å². The standard InChI is InChI=1S/C19H22Cl2N2O4S/c1-12(2)27-18-7-5-16(6-8-18)22-19(24)13(3)23(28(4,25)26)17-10-14(20)9-15(21)11-17/h5-13H,1-4H3,(H,22,24)/t13-/m1/s1. The lowest BCUT2D eigenvalue weighted by atomic mass is 10.2. The first-order valence-electron chi connectivity index (χ1n) is 8.50. The summed E-state index contributed by atoms with van der Waals surface area (Å²) in [5.74, 6) is 0.173. The molecule has 0 saturated heterocycles. The Labute approximate surface area is 175 Å². The maximum absolute atomic E-state index is 12.7. The first kappa shape index (κ1) is 22.3. The van der Waals surface area contributed by atoms with Crippen molar-refractivity contribution in [1.82, 2.24) is 0 Å². The number of amides is 1. The molecule has 9 heteroatoms. The molecule has 0 heterocycles. The Bertz CT molecular complexity index is 927. The van der Waals surface area contributed by atoms with E-state index in [9.17, 15) is 13.2 Å². The predicted molar refractivity (Wildman–Crippen MR) is 114 cm³/mol. The third kappa shape index (κ3) is 6.02. The molecule has 2 aromatic rings. The van der Waals surface area contributed by atoms with Gasteiger partial charge in [-0.25, -0.2) is 8.42 Å². The molecule has 152 valence electrons. The highest BCUT2D eigenvalue weighted by molar-refractivity contribution is 7.92. The topological polar surface area (TPSA) is 75.7 Å². The van der Waals surface area contributed by atoms with E-state index < -0.39 is 22.0 Å². The van der Waals surface area contributed by atoms with Crippen LogP contribution in [0.25, 0.3) is 0 Å². The highest BCUT2D eigenvalue weighted by Gasteiger charge is 2.29. The molecule has 0 radical (unpaired) electrons. The van der Waals surface area contributed by atoms with E-state index >= 15 is 0 Å². The molecule has 0 aliphatic carbocycles. The van der Waals surface area contributed by atoms with E-state index in [1.54, 1.807) is 24.3 Å². The fourth-order valence-electron chi connectivity index (χ4n) is 2.61. The smallest absolute Gasteiger partial charge is 0.247 e. The van der Waals surface area contributed by atoms with Crippen molar-refractivity contribution in [3.63, 3.8) is 0 Å². The van der Waals surface area contributed by atoms with E-state index in [2.05, 4.69) is 5.32 Å². The van der Waals surface area contributed by atoms with Crippen molar-refractivity contribution in [2.45, 2.75) is 32.9 Å². The second kappa shape index (κ2) is 9.03. The van der Waals surface area contributed by atoms with Gasteiger partial charge in [0, 0.05) is 15.7 Å². The van der Waals surface area contributed by atoms with Crippen LogP contribution in [-0.4, -0.2) is 32.7 Å². The molecule has 0 aromatic heterocycles. The van der Waals surface area contributed by atoms with Crippen molar-refractivity contribution < 1.29 is 17.9 Å². The maximum Gasteiger partial charge on any atom is 0.247 e. The highest BCUT2D eigenvalue weighted by Crippen LogP contribution is 2.29. The lowest BCUT2D eigenvalue weighted by Crippen LogP contribution is -2.45. The molecule has 0 saturated carbocycles. The van der Waals surface area contributed by atoms with Gasteiger partial charge in [-0.1, -0.05) is 23.2 Å². The molecule has 0 fully saturated rings. The van der Waals surface area contributed by atoms with Crippen molar-refractivity contribution in [3.05, 3.63) is 52.5 Å². The van der Waals surface area contributed by atoms with Crippen LogP contribution in [0.1, 0.15) is 20.8 Å². The van der Waals surface area contributed by atoms with E-state index in [1.165, 1.54) is 25.1 Å². The fraction of sp³-hybridized carbons (Fsp3) is 0.316. The number of carbonyl (C=O) groups is 1. The van der Waals surface area contributed by atoms with Gasteiger partial charge >= 0.3 is 0 Å². The monoisotopic (exact) mass is 444 g/mol. The zero-order valence-electron chi connectivity index (χ0n) is 15.9. The van der Waals surface area contributed by atoms with Gasteiger partial charge in [-0.3, -0.25) is 9.10 Å². The molecule has 1 atom stereocenters. The molecule has 2 aromatic carbocycles. The van der Waals surface area contributed by atoms with Crippen molar-refractivity contribution in [2.75, 3.05) is 15.9 Å². The van der Waals surface area contributed by atoms with Crippen molar-refractivity contribution in [1.29, 1.82) is 0 Å². The highest BCUT2D eigenvalue weighted by atomic mass is 35.5. The molecule has 1 N–H and O–H groups in total. The molecule has 0 aliphatic heterocycles. The Balaban J connectivity index is 2.24. The van der Waals surface area contributed by atoms with Gasteiger partial charge in [0.25, 0.3) is 0 Å². The van der Waals surface area contributed by atoms with Gasteiger partial charge < -0.3 is 10.1 Å². The van der Waals surface area contributed by atoms with Crippen LogP contribution in [0.2, 0.25) is 10.0 Å². The van der Waals surface area contributed by atoms with Crippen molar-refractivity contribution in [3.8, 4) is 5.75 Å². The quantitative estimate of drug-likeness (QED) is 0.677. The van der Waals surface area contributed by atoms with E-state index in [0.29, 0.717) is 11.4 Å². The minimum absolute atomic E-state index is 0.0355. The molecular weight excluding hydrogens is 423 g/mol. The number of anilines is 2. The van der Waals surface area contributed by atoms with Crippen molar-refractivity contribution >= 4 is 50.5 Å². The first-order valence-corrected chi connectivity index (χ1v) is 11.1. The Morgan fingerprint density at radius 3 is 2.04 bits per heavy atom. The number of rotatable bonds is 7. The zero-order chi connectivity index (χ0) is 21.1. The second-order valence-corrected chi connectivity index (χ2v) is 9.27. The Hall–Kier alpha value is -1.96. The largest absolute Gasteiger partial charge is 0.491 e. The SMILES string of the molecule is CC(C)Oc1ccc(NC(=O)[C@@H](C)N(c2cc(Cl)cc(Cl)c2)S(C)(=O)=O)cc1. The van der Waals surface area contributed by atoms with Crippen LogP contribution >= 0.6 is 23.2 Å². The normalized spacial score (nSPS) is 12.5. The summed E-state index contributed by atoms with van der Waals surface area (Å²) in [6.07, 6.45) is 1.05. The number of hydrogen-bond acceptors (Lipinski definition) is 4. The summed E-state index contributed by atoms with van der Waals surface area (Å²) >= 11 is 12.0. The van der Waals surface area contributed by atoms with Crippen LogP contribution in [-0.2, 0) is 14.8 Å². The number of hydrogen-bond donors (Lipinski definition) is 1. The van der Waals surface area contributed by atoms with Crippen molar-refractivity contribution in [2.24, 2.45) is 0 Å². The van der Waals surface area contributed by atoms with Crippen LogP contribution in [0.5, 0.6) is 5.75 Å². The number of benzene rings is 2. The van der Waals surface area contributed by atoms with E-state index in [4.69, 9.17) is 27.9 Å². The van der Waals surface area contributed by atoms with Gasteiger partial charge in [0.2, 0.25) is 15.9 Å². The van der Waals surface area contributed by atoms with Gasteiger partial charge in [-0.05, 0) is 63.2 Å². The number of sulfonamides is 1. The third-order valence-corrected chi connectivity index (χ3v) is 5.36. The second-order valence-electron chi connectivity index (χ2n) is 6.54. The summed E-state index contributed by atoms with van der Waals surface area (Å²) in [6.45, 7) is 5.32. The van der Waals surface area contributed by atoms with Gasteiger partial charge in [0.15, 0.2) is 0 Å². The summed E-state index contributed by atoms with van der Waals surface area (Å²) in [7, 11) is -3.77. The molecule has 0 bridgehead atoms. The average molecular weight is 445 g/mol. The Morgan fingerprint density at radius 2 is 1.57 bits per heavy atom. The van der Waals surface area contributed by atoms with E-state index in [-0.39, 0.29) is 21.8 Å². The molecule has 0 aliphatic rings. The van der Waals surface area contributed by atoms with Gasteiger partial charge in [-0.15, -0.1) is 0 Å². The first-order chi connectivity index (χ1) is 13.0. The number of nitrogens with zero attached hydrogens (tertiary/aromatic N) is 1. The van der Waals surface area contributed by atoms with Crippen LogP contribution in [0.15, 0.2) is 42.5 Å². The molecule has 28 heavy (non-hydrogen) atoms. The summed E-state index contributed by atoms with van der Waals surface area (Å²) in [5.41, 5.74) is 0.730. The van der Waals surface area contributed by atoms with Crippen LogP contribution in [0, 0.1) is 0 Å². The molecule has 1 amide bonds. The molecule has 0 unspecified atom stereocenters. The summed E-state index contributed by atoms with van der Waals surface area (Å²) in [6, 6.07) is 10.2. The van der Waals surface area contributed by atoms with E-state index in [0.717, 1.165) is 10.6 Å². The third-order valence-electron chi connectivity index (χ3n) is 3.68. The minimum Gasteiger partial charge on any atom is -0.491 e. The summed E-state index contributed by atoms with van der Waals surface area (Å²) < 4.78 is 31.2. The van der Waals surface area contributed by atoms with Crippen LogP contribution in [0.4, 0.5) is 11.4 Å². The maximum atomic E-state index is 12.7. The predicted octanol–water partition coefficient (Wildman–Crippen LogP) is 4.57. The molecular formula is C19H22Cl2N2O4S. The lowest BCUT2D eigenvalue weighted by molar-refractivity contribution is -0.116. The Morgan fingerprint density at radius 1 is 1.04 bits per heavy atom. The van der Waals surface area contributed by atoms with Crippen LogP contribution in [0.3, 0.4) is 0 Å². The zero-order valence-corrected chi connectivity index (χ0v) is 18.3. The minimum atomic E-state index is -3.77. The fourth-order valence-corrected chi connectivity index (χ4v) is 4.28. The van der Waals surface area contributed by atoms with Gasteiger partial charge in [0.1, 0.15) is 11.8 Å². The van der Waals surface area contributed by atoms with Gasteiger partial charge in [0.05, 0.1) is 18.0 Å². The molecule has 6 nitrogen and oxygen atoms in total. The molecule has 2 rings (SSSR count). The lowest BCUT2D eigenvalue weighted by Gasteiger charge is -2.28. The number of ether oxygens (including phenoxy) is 1. The average Bonchev–Trinajstić information content (AvgIpc) is 2.54. The summed E-state index contributed by atoms with van der Waals surface area (Å²) in [4.78, 5) is 12.7. The van der Waals surface area contributed by atoms with Gasteiger partial charge in [-0.2, -0.15) is 0 Å². The summed E-state index contributed by atoms with van der Waals surface area (Å²) in [5, 5.41) is 3.24. The number of carbonyl (C=O) groups excluding carboxylic acids is 1. The number of nitrogens with one attached hydrogen (secondary N) is 1.